The zero-order chi connectivity index (χ0) is 8.16. The van der Waals surface area contributed by atoms with Gasteiger partial charge in [-0.2, -0.15) is 0 Å². The van der Waals surface area contributed by atoms with Crippen LogP contribution in [0.4, 0.5) is 0 Å². The third kappa shape index (κ3) is 2.20. The standard InChI is InChI=1S/C8H14O2S/c9-5-1-3-8(7-10)4-2-6-11-8/h7,9H,1-6H2. The van der Waals surface area contributed by atoms with Crippen molar-refractivity contribution in [3.05, 3.63) is 0 Å². The molecule has 0 aromatic carbocycles. The van der Waals surface area contributed by atoms with E-state index in [-0.39, 0.29) is 11.4 Å². The normalized spacial score (nSPS) is 30.6. The van der Waals surface area contributed by atoms with Crippen molar-refractivity contribution in [3.8, 4) is 0 Å². The molecule has 0 radical (unpaired) electrons. The summed E-state index contributed by atoms with van der Waals surface area (Å²) in [4.78, 5) is 10.7. The molecule has 0 spiro atoms. The highest BCUT2D eigenvalue weighted by Crippen LogP contribution is 2.39. The Kier molecular flexibility index (Phi) is 3.40. The van der Waals surface area contributed by atoms with Crippen LogP contribution in [0.25, 0.3) is 0 Å². The Balaban J connectivity index is 2.39. The quantitative estimate of drug-likeness (QED) is 0.651. The fourth-order valence-electron chi connectivity index (χ4n) is 1.45. The first-order valence-electron chi connectivity index (χ1n) is 4.04. The van der Waals surface area contributed by atoms with Gasteiger partial charge < -0.3 is 9.90 Å². The molecule has 1 aliphatic rings. The molecule has 0 saturated carbocycles. The molecule has 0 amide bonds. The van der Waals surface area contributed by atoms with E-state index in [1.54, 1.807) is 11.8 Å². The summed E-state index contributed by atoms with van der Waals surface area (Å²) in [6, 6.07) is 0. The van der Waals surface area contributed by atoms with Gasteiger partial charge in [0.15, 0.2) is 0 Å². The van der Waals surface area contributed by atoms with Crippen molar-refractivity contribution in [1.82, 2.24) is 0 Å². The van der Waals surface area contributed by atoms with Crippen molar-refractivity contribution in [1.29, 1.82) is 0 Å². The van der Waals surface area contributed by atoms with Gasteiger partial charge in [-0.25, -0.2) is 0 Å². The van der Waals surface area contributed by atoms with Crippen LogP contribution in [0.1, 0.15) is 25.7 Å². The van der Waals surface area contributed by atoms with E-state index in [0.29, 0.717) is 0 Å². The third-order valence-corrected chi connectivity index (χ3v) is 3.68. The molecule has 1 aliphatic heterocycles. The van der Waals surface area contributed by atoms with Crippen LogP contribution < -0.4 is 0 Å². The second-order valence-electron chi connectivity index (χ2n) is 2.96. The molecule has 0 aromatic heterocycles. The molecule has 0 aromatic rings. The molecule has 1 heterocycles. The fourth-order valence-corrected chi connectivity index (χ4v) is 2.79. The van der Waals surface area contributed by atoms with Gasteiger partial charge in [0.25, 0.3) is 0 Å². The predicted molar refractivity (Wildman–Crippen MR) is 46.8 cm³/mol. The summed E-state index contributed by atoms with van der Waals surface area (Å²) >= 11 is 1.75. The average molecular weight is 174 g/mol. The molecule has 1 saturated heterocycles. The molecule has 1 unspecified atom stereocenters. The van der Waals surface area contributed by atoms with Gasteiger partial charge >= 0.3 is 0 Å². The van der Waals surface area contributed by atoms with Crippen LogP contribution in [0.3, 0.4) is 0 Å². The van der Waals surface area contributed by atoms with Gasteiger partial charge in [-0.1, -0.05) is 0 Å². The Morgan fingerprint density at radius 2 is 2.45 bits per heavy atom. The minimum Gasteiger partial charge on any atom is -0.396 e. The molecule has 1 fully saturated rings. The monoisotopic (exact) mass is 174 g/mol. The van der Waals surface area contributed by atoms with Crippen LogP contribution in [0, 0.1) is 0 Å². The van der Waals surface area contributed by atoms with Crippen molar-refractivity contribution < 1.29 is 9.90 Å². The first-order valence-corrected chi connectivity index (χ1v) is 5.03. The van der Waals surface area contributed by atoms with Gasteiger partial charge in [0.1, 0.15) is 6.29 Å². The van der Waals surface area contributed by atoms with E-state index in [1.807, 2.05) is 0 Å². The van der Waals surface area contributed by atoms with Gasteiger partial charge in [-0.05, 0) is 31.4 Å². The number of carbonyl (C=O) groups is 1. The van der Waals surface area contributed by atoms with Gasteiger partial charge in [0.2, 0.25) is 0 Å². The Morgan fingerprint density at radius 3 is 2.91 bits per heavy atom. The lowest BCUT2D eigenvalue weighted by Crippen LogP contribution is -2.23. The molecule has 2 nitrogen and oxygen atoms in total. The number of thioether (sulfide) groups is 1. The number of carbonyl (C=O) groups excluding carboxylic acids is 1. The zero-order valence-corrected chi connectivity index (χ0v) is 7.40. The van der Waals surface area contributed by atoms with Crippen LogP contribution in [-0.2, 0) is 4.79 Å². The van der Waals surface area contributed by atoms with Crippen molar-refractivity contribution in [2.75, 3.05) is 12.4 Å². The second-order valence-corrected chi connectivity index (χ2v) is 4.47. The number of rotatable bonds is 4. The lowest BCUT2D eigenvalue weighted by molar-refractivity contribution is -0.110. The summed E-state index contributed by atoms with van der Waals surface area (Å²) in [6.07, 6.45) is 4.82. The predicted octanol–water partition coefficient (Wildman–Crippen LogP) is 1.22. The summed E-state index contributed by atoms with van der Waals surface area (Å²) < 4.78 is -0.136. The molecule has 1 N–H and O–H groups in total. The Hall–Kier alpha value is -0.0200. The molecule has 0 bridgehead atoms. The molecule has 0 aliphatic carbocycles. The molecular weight excluding hydrogens is 160 g/mol. The maximum atomic E-state index is 10.7. The first-order chi connectivity index (χ1) is 5.33. The lowest BCUT2D eigenvalue weighted by atomic mass is 9.99. The minimum atomic E-state index is -0.136. The summed E-state index contributed by atoms with van der Waals surface area (Å²) in [5.74, 6) is 1.10. The SMILES string of the molecule is O=CC1(CCCO)CCCS1. The highest BCUT2D eigenvalue weighted by atomic mass is 32.2. The molecule has 11 heavy (non-hydrogen) atoms. The largest absolute Gasteiger partial charge is 0.396 e. The van der Waals surface area contributed by atoms with E-state index in [0.717, 1.165) is 37.7 Å². The first kappa shape index (κ1) is 9.07. The average Bonchev–Trinajstić information content (AvgIpc) is 2.50. The minimum absolute atomic E-state index is 0.136. The van der Waals surface area contributed by atoms with Crippen molar-refractivity contribution >= 4 is 18.0 Å². The van der Waals surface area contributed by atoms with Crippen LogP contribution in [0.2, 0.25) is 0 Å². The van der Waals surface area contributed by atoms with Gasteiger partial charge in [0, 0.05) is 6.61 Å². The van der Waals surface area contributed by atoms with Gasteiger partial charge in [-0.3, -0.25) is 0 Å². The molecule has 64 valence electrons. The summed E-state index contributed by atoms with van der Waals surface area (Å²) in [7, 11) is 0. The highest BCUT2D eigenvalue weighted by Gasteiger charge is 2.33. The van der Waals surface area contributed by atoms with Crippen molar-refractivity contribution in [2.45, 2.75) is 30.4 Å². The van der Waals surface area contributed by atoms with Gasteiger partial charge in [-0.15, -0.1) is 11.8 Å². The molecule has 1 rings (SSSR count). The lowest BCUT2D eigenvalue weighted by Gasteiger charge is -2.19. The Bertz CT molecular complexity index is 130. The molecule has 1 atom stereocenters. The Morgan fingerprint density at radius 1 is 1.64 bits per heavy atom. The molecular formula is C8H14O2S. The summed E-state index contributed by atoms with van der Waals surface area (Å²) in [5.41, 5.74) is 0. The van der Waals surface area contributed by atoms with Crippen molar-refractivity contribution in [2.24, 2.45) is 0 Å². The number of aliphatic hydroxyl groups is 1. The summed E-state index contributed by atoms with van der Waals surface area (Å²) in [6.45, 7) is 0.205. The van der Waals surface area contributed by atoms with E-state index in [4.69, 9.17) is 5.11 Å². The maximum Gasteiger partial charge on any atom is 0.136 e. The van der Waals surface area contributed by atoms with E-state index < -0.39 is 0 Å². The Labute approximate surface area is 71.4 Å². The zero-order valence-electron chi connectivity index (χ0n) is 6.58. The van der Waals surface area contributed by atoms with Crippen LogP contribution in [0.5, 0.6) is 0 Å². The van der Waals surface area contributed by atoms with E-state index in [2.05, 4.69) is 0 Å². The topological polar surface area (TPSA) is 37.3 Å². The highest BCUT2D eigenvalue weighted by molar-refractivity contribution is 8.01. The van der Waals surface area contributed by atoms with Crippen molar-refractivity contribution in [3.63, 3.8) is 0 Å². The van der Waals surface area contributed by atoms with Crippen LogP contribution >= 0.6 is 11.8 Å². The van der Waals surface area contributed by atoms with E-state index in [1.165, 1.54) is 0 Å². The number of aldehydes is 1. The van der Waals surface area contributed by atoms with Crippen LogP contribution in [0.15, 0.2) is 0 Å². The number of hydrogen-bond donors (Lipinski definition) is 1. The molecule has 3 heteroatoms. The van der Waals surface area contributed by atoms with E-state index in [9.17, 15) is 4.79 Å². The maximum absolute atomic E-state index is 10.7. The van der Waals surface area contributed by atoms with Gasteiger partial charge in [0.05, 0.1) is 4.75 Å². The van der Waals surface area contributed by atoms with Crippen LogP contribution in [-0.4, -0.2) is 28.5 Å². The third-order valence-electron chi connectivity index (χ3n) is 2.11. The van der Waals surface area contributed by atoms with E-state index >= 15 is 0 Å². The number of aliphatic hydroxyl groups excluding tert-OH is 1. The summed E-state index contributed by atoms with van der Waals surface area (Å²) in [5, 5.41) is 8.61. The fraction of sp³-hybridized carbons (Fsp3) is 0.875. The second kappa shape index (κ2) is 4.12. The number of hydrogen-bond acceptors (Lipinski definition) is 3. The smallest absolute Gasteiger partial charge is 0.136 e.